The maximum absolute atomic E-state index is 8.88. The highest BCUT2D eigenvalue weighted by atomic mass is 79.9. The van der Waals surface area contributed by atoms with Crippen molar-refractivity contribution in [3.63, 3.8) is 0 Å². The lowest BCUT2D eigenvalue weighted by Crippen LogP contribution is -2.00. The summed E-state index contributed by atoms with van der Waals surface area (Å²) in [7, 11) is 0. The minimum absolute atomic E-state index is 0.267. The van der Waals surface area contributed by atoms with Gasteiger partial charge in [-0.1, -0.05) is 22.0 Å². The van der Waals surface area contributed by atoms with Crippen molar-refractivity contribution in [1.29, 1.82) is 5.26 Å². The predicted molar refractivity (Wildman–Crippen MR) is 78.7 cm³/mol. The zero-order valence-corrected chi connectivity index (χ0v) is 12.1. The summed E-state index contributed by atoms with van der Waals surface area (Å²) in [6.45, 7) is 0.898. The summed E-state index contributed by atoms with van der Waals surface area (Å²) in [4.78, 5) is 0. The monoisotopic (exact) mass is 330 g/mol. The van der Waals surface area contributed by atoms with Gasteiger partial charge in [0.2, 0.25) is 6.79 Å². The van der Waals surface area contributed by atoms with Crippen LogP contribution in [0.3, 0.4) is 0 Å². The van der Waals surface area contributed by atoms with Crippen molar-refractivity contribution >= 4 is 21.6 Å². The fourth-order valence-electron chi connectivity index (χ4n) is 1.99. The number of nitrogens with one attached hydrogen (secondary N) is 1. The Kier molecular flexibility index (Phi) is 3.48. The molecule has 2 aromatic rings. The third-order valence-electron chi connectivity index (χ3n) is 3.02. The lowest BCUT2D eigenvalue weighted by molar-refractivity contribution is 0.174. The number of nitrogens with zero attached hydrogens (tertiary/aromatic N) is 1. The molecule has 0 fully saturated rings. The van der Waals surface area contributed by atoms with Gasteiger partial charge >= 0.3 is 0 Å². The number of hydrogen-bond acceptors (Lipinski definition) is 4. The molecule has 0 saturated heterocycles. The number of rotatable bonds is 3. The molecule has 1 N–H and O–H groups in total. The van der Waals surface area contributed by atoms with E-state index in [9.17, 15) is 0 Å². The Labute approximate surface area is 125 Å². The molecule has 1 heterocycles. The van der Waals surface area contributed by atoms with E-state index < -0.39 is 0 Å². The minimum Gasteiger partial charge on any atom is -0.454 e. The number of benzene rings is 2. The summed E-state index contributed by atoms with van der Waals surface area (Å²) in [5.74, 6) is 1.52. The van der Waals surface area contributed by atoms with Gasteiger partial charge in [-0.15, -0.1) is 0 Å². The van der Waals surface area contributed by atoms with Gasteiger partial charge in [-0.2, -0.15) is 5.26 Å². The molecule has 100 valence electrons. The van der Waals surface area contributed by atoms with Crippen LogP contribution in [0.4, 0.5) is 5.69 Å². The highest BCUT2D eigenvalue weighted by molar-refractivity contribution is 9.10. The van der Waals surface area contributed by atoms with Crippen molar-refractivity contribution in [2.24, 2.45) is 0 Å². The minimum atomic E-state index is 0.267. The second-order valence-corrected chi connectivity index (χ2v) is 5.20. The van der Waals surface area contributed by atoms with E-state index in [0.717, 1.165) is 27.2 Å². The quantitative estimate of drug-likeness (QED) is 0.933. The van der Waals surface area contributed by atoms with Crippen LogP contribution in [-0.4, -0.2) is 6.79 Å². The molecule has 0 unspecified atom stereocenters. The van der Waals surface area contributed by atoms with E-state index in [-0.39, 0.29) is 6.79 Å². The third-order valence-corrected chi connectivity index (χ3v) is 3.75. The van der Waals surface area contributed by atoms with Crippen LogP contribution in [0.25, 0.3) is 0 Å². The zero-order chi connectivity index (χ0) is 13.9. The van der Waals surface area contributed by atoms with Gasteiger partial charge in [-0.3, -0.25) is 0 Å². The van der Waals surface area contributed by atoms with Crippen LogP contribution in [0.2, 0.25) is 0 Å². The molecule has 1 aliphatic rings. The standard InChI is InChI=1S/C15H11BrN2O2/c16-13-6-15-14(19-9-20-15)5-11(13)8-18-12-3-1-2-10(4-12)7-17/h1-6,18H,8-9H2. The average molecular weight is 331 g/mol. The van der Waals surface area contributed by atoms with Crippen molar-refractivity contribution < 1.29 is 9.47 Å². The molecule has 0 radical (unpaired) electrons. The zero-order valence-electron chi connectivity index (χ0n) is 10.5. The van der Waals surface area contributed by atoms with Gasteiger partial charge in [0.1, 0.15) is 0 Å². The molecule has 0 spiro atoms. The largest absolute Gasteiger partial charge is 0.454 e. The molecular formula is C15H11BrN2O2. The Morgan fingerprint density at radius 1 is 1.20 bits per heavy atom. The number of nitriles is 1. The lowest BCUT2D eigenvalue weighted by atomic mass is 10.2. The fourth-order valence-corrected chi connectivity index (χ4v) is 2.45. The Morgan fingerprint density at radius 2 is 2.00 bits per heavy atom. The molecule has 5 heteroatoms. The molecule has 2 aromatic carbocycles. The van der Waals surface area contributed by atoms with Crippen LogP contribution in [0.5, 0.6) is 11.5 Å². The van der Waals surface area contributed by atoms with Crippen LogP contribution in [0, 0.1) is 11.3 Å². The van der Waals surface area contributed by atoms with Crippen LogP contribution in [0.1, 0.15) is 11.1 Å². The van der Waals surface area contributed by atoms with E-state index in [1.54, 1.807) is 6.07 Å². The second-order valence-electron chi connectivity index (χ2n) is 4.34. The Balaban J connectivity index is 1.77. The highest BCUT2D eigenvalue weighted by Gasteiger charge is 2.16. The number of hydrogen-bond donors (Lipinski definition) is 1. The summed E-state index contributed by atoms with van der Waals surface area (Å²) in [5, 5.41) is 12.2. The summed E-state index contributed by atoms with van der Waals surface area (Å²) in [6.07, 6.45) is 0. The first-order valence-corrected chi connectivity index (χ1v) is 6.87. The smallest absolute Gasteiger partial charge is 0.231 e. The van der Waals surface area contributed by atoms with Crippen molar-refractivity contribution in [3.8, 4) is 17.6 Å². The number of ether oxygens (including phenoxy) is 2. The Morgan fingerprint density at radius 3 is 2.80 bits per heavy atom. The predicted octanol–water partition coefficient (Wildman–Crippen LogP) is 3.66. The molecule has 0 aromatic heterocycles. The number of anilines is 1. The molecule has 0 aliphatic carbocycles. The Hall–Kier alpha value is -2.19. The fraction of sp³-hybridized carbons (Fsp3) is 0.133. The van der Waals surface area contributed by atoms with Crippen molar-refractivity contribution in [2.45, 2.75) is 6.54 Å². The molecule has 3 rings (SSSR count). The van der Waals surface area contributed by atoms with Gasteiger partial charge in [-0.25, -0.2) is 0 Å². The highest BCUT2D eigenvalue weighted by Crippen LogP contribution is 2.37. The first-order valence-electron chi connectivity index (χ1n) is 6.08. The molecular weight excluding hydrogens is 320 g/mol. The maximum atomic E-state index is 8.88. The average Bonchev–Trinajstić information content (AvgIpc) is 2.92. The molecule has 0 amide bonds. The molecule has 20 heavy (non-hydrogen) atoms. The van der Waals surface area contributed by atoms with Crippen LogP contribution in [0.15, 0.2) is 40.9 Å². The van der Waals surface area contributed by atoms with E-state index in [2.05, 4.69) is 27.3 Å². The lowest BCUT2D eigenvalue weighted by Gasteiger charge is -2.09. The number of fused-ring (bicyclic) bond motifs is 1. The van der Waals surface area contributed by atoms with Crippen molar-refractivity contribution in [3.05, 3.63) is 52.0 Å². The first-order chi connectivity index (χ1) is 9.76. The van der Waals surface area contributed by atoms with Gasteiger partial charge in [0.05, 0.1) is 11.6 Å². The SMILES string of the molecule is N#Cc1cccc(NCc2cc3c(cc2Br)OCO3)c1. The van der Waals surface area contributed by atoms with E-state index in [4.69, 9.17) is 14.7 Å². The summed E-state index contributed by atoms with van der Waals surface area (Å²) in [5.41, 5.74) is 2.62. The first kappa shape index (κ1) is 12.8. The van der Waals surface area contributed by atoms with Gasteiger partial charge in [0.25, 0.3) is 0 Å². The summed E-state index contributed by atoms with van der Waals surface area (Å²) in [6, 6.07) is 13.4. The third kappa shape index (κ3) is 2.56. The molecule has 0 bridgehead atoms. The molecule has 1 aliphatic heterocycles. The van der Waals surface area contributed by atoms with E-state index in [1.807, 2.05) is 30.3 Å². The van der Waals surface area contributed by atoms with Crippen molar-refractivity contribution in [2.75, 3.05) is 12.1 Å². The van der Waals surface area contributed by atoms with Gasteiger partial charge in [0, 0.05) is 16.7 Å². The van der Waals surface area contributed by atoms with Gasteiger partial charge in [-0.05, 0) is 35.9 Å². The van der Waals surface area contributed by atoms with Crippen LogP contribution < -0.4 is 14.8 Å². The van der Waals surface area contributed by atoms with Crippen molar-refractivity contribution in [1.82, 2.24) is 0 Å². The maximum Gasteiger partial charge on any atom is 0.231 e. The van der Waals surface area contributed by atoms with E-state index in [1.165, 1.54) is 0 Å². The van der Waals surface area contributed by atoms with Gasteiger partial charge in [0.15, 0.2) is 11.5 Å². The molecule has 4 nitrogen and oxygen atoms in total. The van der Waals surface area contributed by atoms with Gasteiger partial charge < -0.3 is 14.8 Å². The Bertz CT molecular complexity index is 695. The van der Waals surface area contributed by atoms with E-state index in [0.29, 0.717) is 12.1 Å². The topological polar surface area (TPSA) is 54.3 Å². The second kappa shape index (κ2) is 5.43. The van der Waals surface area contributed by atoms with Crippen LogP contribution in [-0.2, 0) is 6.54 Å². The summed E-state index contributed by atoms with van der Waals surface area (Å²) >= 11 is 3.52. The van der Waals surface area contributed by atoms with Crippen LogP contribution >= 0.6 is 15.9 Å². The normalized spacial score (nSPS) is 12.0. The molecule has 0 saturated carbocycles. The van der Waals surface area contributed by atoms with E-state index >= 15 is 0 Å². The number of halogens is 1. The molecule has 0 atom stereocenters. The summed E-state index contributed by atoms with van der Waals surface area (Å²) < 4.78 is 11.7.